The first-order valence-corrected chi connectivity index (χ1v) is 14.1. The number of para-hydroxylation sites is 1. The van der Waals surface area contributed by atoms with E-state index in [9.17, 15) is 17.6 Å². The summed E-state index contributed by atoms with van der Waals surface area (Å²) in [6.07, 6.45) is 3.04. The molecule has 0 aliphatic carbocycles. The van der Waals surface area contributed by atoms with Gasteiger partial charge in [-0.15, -0.1) is 16.4 Å². The lowest BCUT2D eigenvalue weighted by Gasteiger charge is -2.26. The lowest BCUT2D eigenvalue weighted by atomic mass is 10.0. The third kappa shape index (κ3) is 4.65. The van der Waals surface area contributed by atoms with Gasteiger partial charge < -0.3 is 4.90 Å². The van der Waals surface area contributed by atoms with Gasteiger partial charge in [-0.2, -0.15) is 0 Å². The van der Waals surface area contributed by atoms with Gasteiger partial charge in [-0.25, -0.2) is 32.0 Å². The molecule has 1 fully saturated rings. The largest absolute Gasteiger partial charge is 0.348 e. The quantitative estimate of drug-likeness (QED) is 0.348. The second-order valence-corrected chi connectivity index (χ2v) is 11.6. The van der Waals surface area contributed by atoms with Crippen molar-refractivity contribution < 1.29 is 17.6 Å². The van der Waals surface area contributed by atoms with E-state index in [0.717, 1.165) is 23.1 Å². The Morgan fingerprint density at radius 2 is 2.00 bits per heavy atom. The van der Waals surface area contributed by atoms with Crippen molar-refractivity contribution >= 4 is 48.9 Å². The molecule has 5 aromatic rings. The number of thiazole rings is 1. The topological polar surface area (TPSA) is 110 Å². The zero-order chi connectivity index (χ0) is 25.6. The predicted molar refractivity (Wildman–Crippen MR) is 138 cm³/mol. The number of carbonyl (C=O) groups is 1. The fourth-order valence-corrected chi connectivity index (χ4v) is 6.96. The van der Waals surface area contributed by atoms with E-state index in [2.05, 4.69) is 24.7 Å². The Kier molecular flexibility index (Phi) is 5.84. The van der Waals surface area contributed by atoms with Crippen LogP contribution in [0.15, 0.2) is 66.9 Å². The molecule has 0 radical (unpaired) electrons. The van der Waals surface area contributed by atoms with Crippen LogP contribution >= 0.6 is 11.3 Å². The number of benzene rings is 2. The highest BCUT2D eigenvalue weighted by Crippen LogP contribution is 2.35. The Bertz CT molecular complexity index is 1720. The van der Waals surface area contributed by atoms with Gasteiger partial charge >= 0.3 is 0 Å². The Balaban J connectivity index is 1.25. The molecule has 6 rings (SSSR count). The minimum atomic E-state index is -4.02. The fourth-order valence-electron chi connectivity index (χ4n) is 4.65. The summed E-state index contributed by atoms with van der Waals surface area (Å²) in [5.74, 6) is -0.963. The van der Waals surface area contributed by atoms with Crippen molar-refractivity contribution in [3.8, 4) is 0 Å². The average molecular weight is 537 g/mol. The SMILES string of the molecule is O=C(NS(=O)(=O)Cc1nc2ccccc2s1)c1cnc2ccc(N3CCC[C@@H]3c3cccc(F)c3)nn12. The maximum absolute atomic E-state index is 13.8. The minimum Gasteiger partial charge on any atom is -0.348 e. The molecule has 37 heavy (non-hydrogen) atoms. The molecular weight excluding hydrogens is 515 g/mol. The molecule has 1 amide bonds. The normalized spacial score (nSPS) is 16.0. The number of anilines is 1. The molecule has 188 valence electrons. The zero-order valence-corrected chi connectivity index (χ0v) is 21.0. The predicted octanol–water partition coefficient (Wildman–Crippen LogP) is 4.08. The Morgan fingerprint density at radius 1 is 1.14 bits per heavy atom. The number of aromatic nitrogens is 4. The molecule has 0 unspecified atom stereocenters. The second kappa shape index (κ2) is 9.20. The molecular formula is C25H21FN6O3S2. The van der Waals surface area contributed by atoms with E-state index in [4.69, 9.17) is 0 Å². The summed E-state index contributed by atoms with van der Waals surface area (Å²) in [4.78, 5) is 23.6. The standard InChI is InChI=1S/C25H21FN6O3S2/c26-17-6-3-5-16(13-17)19-8-4-12-31(19)23-11-10-22-27-14-20(32(22)29-23)25(33)30-37(34,35)15-24-28-18-7-1-2-9-21(18)36-24/h1-3,5-7,9-11,13-14,19H,4,8,12,15H2,(H,30,33)/t19-/m1/s1. The van der Waals surface area contributed by atoms with E-state index < -0.39 is 21.7 Å². The summed E-state index contributed by atoms with van der Waals surface area (Å²) in [6, 6.07) is 17.3. The number of nitrogens with one attached hydrogen (secondary N) is 1. The van der Waals surface area contributed by atoms with Crippen molar-refractivity contribution in [2.45, 2.75) is 24.6 Å². The van der Waals surface area contributed by atoms with Crippen LogP contribution in [-0.4, -0.2) is 40.5 Å². The molecule has 1 saturated heterocycles. The van der Waals surface area contributed by atoms with Crippen LogP contribution in [0.2, 0.25) is 0 Å². The first-order chi connectivity index (χ1) is 17.9. The van der Waals surface area contributed by atoms with Crippen LogP contribution in [0.4, 0.5) is 10.2 Å². The van der Waals surface area contributed by atoms with Gasteiger partial charge in [0, 0.05) is 6.54 Å². The lowest BCUT2D eigenvalue weighted by molar-refractivity contribution is 0.0974. The Labute approximate surface area is 215 Å². The van der Waals surface area contributed by atoms with Crippen molar-refractivity contribution in [3.05, 3.63) is 88.9 Å². The van der Waals surface area contributed by atoms with E-state index in [0.29, 0.717) is 28.5 Å². The van der Waals surface area contributed by atoms with Gasteiger partial charge in [0.1, 0.15) is 22.4 Å². The summed E-state index contributed by atoms with van der Waals surface area (Å²) in [5, 5.41) is 4.99. The number of halogens is 1. The maximum atomic E-state index is 13.8. The van der Waals surface area contributed by atoms with E-state index >= 15 is 0 Å². The first-order valence-electron chi connectivity index (χ1n) is 11.6. The number of hydrogen-bond acceptors (Lipinski definition) is 8. The van der Waals surface area contributed by atoms with Gasteiger partial charge in [-0.3, -0.25) is 4.79 Å². The minimum absolute atomic E-state index is 0.00812. The number of carbonyl (C=O) groups excluding carboxylic acids is 1. The summed E-state index contributed by atoms with van der Waals surface area (Å²) >= 11 is 1.27. The van der Waals surface area contributed by atoms with Crippen LogP contribution in [0.1, 0.15) is 39.9 Å². The first kappa shape index (κ1) is 23.5. The molecule has 0 spiro atoms. The molecule has 1 aliphatic heterocycles. The van der Waals surface area contributed by atoms with Crippen molar-refractivity contribution in [1.29, 1.82) is 0 Å². The number of sulfonamides is 1. The van der Waals surface area contributed by atoms with Gasteiger partial charge in [0.2, 0.25) is 10.0 Å². The summed E-state index contributed by atoms with van der Waals surface area (Å²) < 4.78 is 43.7. The molecule has 1 N–H and O–H groups in total. The summed E-state index contributed by atoms with van der Waals surface area (Å²) in [5.41, 5.74) is 1.95. The molecule has 1 aliphatic rings. The monoisotopic (exact) mass is 536 g/mol. The van der Waals surface area contributed by atoms with E-state index in [1.165, 1.54) is 34.2 Å². The second-order valence-electron chi connectivity index (χ2n) is 8.78. The van der Waals surface area contributed by atoms with Crippen LogP contribution in [-0.2, 0) is 15.8 Å². The van der Waals surface area contributed by atoms with Gasteiger partial charge in [0.15, 0.2) is 11.3 Å². The molecule has 12 heteroatoms. The highest BCUT2D eigenvalue weighted by atomic mass is 32.2. The average Bonchev–Trinajstić information content (AvgIpc) is 3.60. The zero-order valence-electron chi connectivity index (χ0n) is 19.4. The van der Waals surface area contributed by atoms with Crippen LogP contribution < -0.4 is 9.62 Å². The summed E-state index contributed by atoms with van der Waals surface area (Å²) in [7, 11) is -4.02. The van der Waals surface area contributed by atoms with Gasteiger partial charge in [0.25, 0.3) is 5.91 Å². The Hall–Kier alpha value is -3.90. The molecule has 2 aromatic carbocycles. The number of imidazole rings is 1. The van der Waals surface area contributed by atoms with Gasteiger partial charge in [-0.05, 0) is 54.8 Å². The highest BCUT2D eigenvalue weighted by molar-refractivity contribution is 7.89. The van der Waals surface area contributed by atoms with Gasteiger partial charge in [-0.1, -0.05) is 24.3 Å². The number of rotatable bonds is 6. The number of amides is 1. The Morgan fingerprint density at radius 3 is 2.84 bits per heavy atom. The van der Waals surface area contributed by atoms with E-state index in [1.54, 1.807) is 24.3 Å². The third-order valence-corrected chi connectivity index (χ3v) is 8.63. The number of fused-ring (bicyclic) bond motifs is 2. The molecule has 3 aromatic heterocycles. The highest BCUT2D eigenvalue weighted by Gasteiger charge is 2.28. The number of nitrogens with zero attached hydrogens (tertiary/aromatic N) is 5. The van der Waals surface area contributed by atoms with Crippen LogP contribution in [0, 0.1) is 5.82 Å². The molecule has 0 saturated carbocycles. The van der Waals surface area contributed by atoms with Crippen LogP contribution in [0.25, 0.3) is 15.9 Å². The van der Waals surface area contributed by atoms with E-state index in [1.807, 2.05) is 24.3 Å². The molecule has 4 heterocycles. The lowest BCUT2D eigenvalue weighted by Crippen LogP contribution is -2.32. The maximum Gasteiger partial charge on any atom is 0.285 e. The van der Waals surface area contributed by atoms with Crippen molar-refractivity contribution in [1.82, 2.24) is 24.3 Å². The van der Waals surface area contributed by atoms with Crippen molar-refractivity contribution in [2.75, 3.05) is 11.4 Å². The molecule has 0 bridgehead atoms. The smallest absolute Gasteiger partial charge is 0.285 e. The fraction of sp³-hybridized carbons (Fsp3) is 0.200. The van der Waals surface area contributed by atoms with Crippen molar-refractivity contribution in [3.63, 3.8) is 0 Å². The third-order valence-electron chi connectivity index (χ3n) is 6.26. The number of hydrogen-bond donors (Lipinski definition) is 1. The summed E-state index contributed by atoms with van der Waals surface area (Å²) in [6.45, 7) is 0.715. The van der Waals surface area contributed by atoms with Crippen molar-refractivity contribution in [2.24, 2.45) is 0 Å². The molecule has 9 nitrogen and oxygen atoms in total. The van der Waals surface area contributed by atoms with Crippen LogP contribution in [0.3, 0.4) is 0 Å². The van der Waals surface area contributed by atoms with E-state index in [-0.39, 0.29) is 17.6 Å². The molecule has 1 atom stereocenters. The van der Waals surface area contributed by atoms with Crippen LogP contribution in [0.5, 0.6) is 0 Å². The van der Waals surface area contributed by atoms with Gasteiger partial charge in [0.05, 0.1) is 22.5 Å².